The fourth-order valence-corrected chi connectivity index (χ4v) is 5.30. The van der Waals surface area contributed by atoms with E-state index in [4.69, 9.17) is 4.74 Å². The Labute approximate surface area is 188 Å². The molecule has 1 aromatic heterocycles. The van der Waals surface area contributed by atoms with Gasteiger partial charge in [0.25, 0.3) is 0 Å². The number of carbonyl (C=O) groups is 2. The van der Waals surface area contributed by atoms with Crippen LogP contribution in [-0.4, -0.2) is 33.8 Å². The molecule has 2 aromatic carbocycles. The molecule has 2 fully saturated rings. The molecule has 2 aliphatic rings. The van der Waals surface area contributed by atoms with Gasteiger partial charge in [-0.15, -0.1) is 0 Å². The molecule has 0 aliphatic carbocycles. The highest BCUT2D eigenvalue weighted by Crippen LogP contribution is 2.39. The summed E-state index contributed by atoms with van der Waals surface area (Å²) >= 11 is 0. The summed E-state index contributed by atoms with van der Waals surface area (Å²) in [5.74, 6) is 0.126. The lowest BCUT2D eigenvalue weighted by molar-refractivity contribution is 0.00473. The SMILES string of the molecule is Cc1ccc2cc(C(=O)C3CC4CCCC(C3)N4C(=O)OCc3ccccc3)ccc2n1. The molecule has 0 radical (unpaired) electrons. The summed E-state index contributed by atoms with van der Waals surface area (Å²) in [5, 5.41) is 0.989. The summed E-state index contributed by atoms with van der Waals surface area (Å²) in [6.07, 6.45) is 4.13. The molecule has 5 rings (SSSR count). The summed E-state index contributed by atoms with van der Waals surface area (Å²) in [7, 11) is 0. The van der Waals surface area contributed by atoms with Gasteiger partial charge in [0.1, 0.15) is 6.61 Å². The van der Waals surface area contributed by atoms with E-state index in [1.807, 2.05) is 72.5 Å². The average Bonchev–Trinajstić information content (AvgIpc) is 2.81. The number of rotatable bonds is 4. The van der Waals surface area contributed by atoms with Gasteiger partial charge in [-0.05, 0) is 68.9 Å². The molecule has 0 N–H and O–H groups in total. The topological polar surface area (TPSA) is 59.5 Å². The summed E-state index contributed by atoms with van der Waals surface area (Å²) < 4.78 is 5.64. The van der Waals surface area contributed by atoms with Gasteiger partial charge < -0.3 is 9.64 Å². The van der Waals surface area contributed by atoms with Gasteiger partial charge in [-0.3, -0.25) is 9.78 Å². The summed E-state index contributed by atoms with van der Waals surface area (Å²) in [6.45, 7) is 2.25. The molecule has 2 unspecified atom stereocenters. The molecule has 32 heavy (non-hydrogen) atoms. The maximum Gasteiger partial charge on any atom is 0.410 e. The number of amides is 1. The largest absolute Gasteiger partial charge is 0.445 e. The Morgan fingerprint density at radius 2 is 1.75 bits per heavy atom. The molecular formula is C27H28N2O3. The number of fused-ring (bicyclic) bond motifs is 3. The number of aromatic nitrogens is 1. The number of Topliss-reactive ketones (excluding diaryl/α,β-unsaturated/α-hetero) is 1. The molecule has 0 spiro atoms. The van der Waals surface area contributed by atoms with E-state index < -0.39 is 0 Å². The van der Waals surface area contributed by atoms with Crippen molar-refractivity contribution >= 4 is 22.8 Å². The first-order chi connectivity index (χ1) is 15.6. The third-order valence-corrected chi connectivity index (χ3v) is 6.87. The predicted octanol–water partition coefficient (Wildman–Crippen LogP) is 5.70. The minimum Gasteiger partial charge on any atom is -0.445 e. The third-order valence-electron chi connectivity index (χ3n) is 6.87. The predicted molar refractivity (Wildman–Crippen MR) is 123 cm³/mol. The lowest BCUT2D eigenvalue weighted by atomic mass is 9.76. The van der Waals surface area contributed by atoms with Crippen LogP contribution in [0.3, 0.4) is 0 Å². The zero-order valence-electron chi connectivity index (χ0n) is 18.4. The number of hydrogen-bond acceptors (Lipinski definition) is 4. The number of ketones is 1. The van der Waals surface area contributed by atoms with Gasteiger partial charge in [0, 0.05) is 34.6 Å². The first-order valence-electron chi connectivity index (χ1n) is 11.5. The van der Waals surface area contributed by atoms with Gasteiger partial charge >= 0.3 is 6.09 Å². The van der Waals surface area contributed by atoms with Gasteiger partial charge in [0.15, 0.2) is 5.78 Å². The van der Waals surface area contributed by atoms with Crippen molar-refractivity contribution in [3.63, 3.8) is 0 Å². The lowest BCUT2D eigenvalue weighted by Gasteiger charge is -2.47. The van der Waals surface area contributed by atoms with E-state index in [2.05, 4.69) is 4.98 Å². The second-order valence-electron chi connectivity index (χ2n) is 9.08. The van der Waals surface area contributed by atoms with Crippen LogP contribution in [0.1, 0.15) is 53.7 Å². The third kappa shape index (κ3) is 4.12. The lowest BCUT2D eigenvalue weighted by Crippen LogP contribution is -2.55. The van der Waals surface area contributed by atoms with E-state index >= 15 is 0 Å². The Morgan fingerprint density at radius 1 is 1.00 bits per heavy atom. The van der Waals surface area contributed by atoms with E-state index in [0.29, 0.717) is 12.8 Å². The second-order valence-corrected chi connectivity index (χ2v) is 9.08. The molecule has 2 bridgehead atoms. The molecule has 2 atom stereocenters. The van der Waals surface area contributed by atoms with Crippen molar-refractivity contribution < 1.29 is 14.3 Å². The van der Waals surface area contributed by atoms with Crippen LogP contribution >= 0.6 is 0 Å². The highest BCUT2D eigenvalue weighted by Gasteiger charge is 2.43. The fourth-order valence-electron chi connectivity index (χ4n) is 5.30. The summed E-state index contributed by atoms with van der Waals surface area (Å²) in [4.78, 5) is 32.7. The van der Waals surface area contributed by atoms with Gasteiger partial charge in [0.2, 0.25) is 0 Å². The number of carbonyl (C=O) groups excluding carboxylic acids is 2. The molecular weight excluding hydrogens is 400 g/mol. The van der Waals surface area contributed by atoms with E-state index in [1.54, 1.807) is 0 Å². The molecule has 5 heteroatoms. The Hall–Kier alpha value is -3.21. The van der Waals surface area contributed by atoms with Crippen molar-refractivity contribution in [1.82, 2.24) is 9.88 Å². The van der Waals surface area contributed by atoms with Gasteiger partial charge in [-0.1, -0.05) is 36.4 Å². The highest BCUT2D eigenvalue weighted by atomic mass is 16.6. The van der Waals surface area contributed by atoms with E-state index in [9.17, 15) is 9.59 Å². The Kier molecular flexibility index (Phi) is 5.64. The van der Waals surface area contributed by atoms with Crippen LogP contribution in [0.2, 0.25) is 0 Å². The van der Waals surface area contributed by atoms with Crippen molar-refractivity contribution in [2.24, 2.45) is 5.92 Å². The number of ether oxygens (including phenoxy) is 1. The maximum atomic E-state index is 13.4. The number of hydrogen-bond donors (Lipinski definition) is 0. The van der Waals surface area contributed by atoms with Crippen molar-refractivity contribution in [3.05, 3.63) is 77.5 Å². The number of piperidine rings is 2. The zero-order chi connectivity index (χ0) is 22.1. The van der Waals surface area contributed by atoms with Crippen LogP contribution in [0.5, 0.6) is 0 Å². The van der Waals surface area contributed by atoms with E-state index in [0.717, 1.165) is 47.0 Å². The second kappa shape index (κ2) is 8.73. The van der Waals surface area contributed by atoms with Gasteiger partial charge in [-0.25, -0.2) is 4.79 Å². The van der Waals surface area contributed by atoms with Crippen LogP contribution in [0, 0.1) is 12.8 Å². The molecule has 2 saturated heterocycles. The van der Waals surface area contributed by atoms with Crippen LogP contribution in [0.25, 0.3) is 10.9 Å². The Morgan fingerprint density at radius 3 is 2.50 bits per heavy atom. The minimum absolute atomic E-state index is 0.0562. The van der Waals surface area contributed by atoms with Gasteiger partial charge in [0.05, 0.1) is 5.52 Å². The van der Waals surface area contributed by atoms with Crippen molar-refractivity contribution in [2.75, 3.05) is 0 Å². The van der Waals surface area contributed by atoms with Crippen molar-refractivity contribution in [3.8, 4) is 0 Å². The molecule has 0 saturated carbocycles. The first-order valence-corrected chi connectivity index (χ1v) is 11.5. The molecule has 164 valence electrons. The Bertz CT molecular complexity index is 1130. The van der Waals surface area contributed by atoms with Gasteiger partial charge in [-0.2, -0.15) is 0 Å². The molecule has 5 nitrogen and oxygen atoms in total. The van der Waals surface area contributed by atoms with Crippen LogP contribution in [0.15, 0.2) is 60.7 Å². The summed E-state index contributed by atoms with van der Waals surface area (Å²) in [6, 6.07) is 19.7. The smallest absolute Gasteiger partial charge is 0.410 e. The number of pyridine rings is 1. The molecule has 3 aromatic rings. The first kappa shape index (κ1) is 20.7. The van der Waals surface area contributed by atoms with E-state index in [-0.39, 0.29) is 36.5 Å². The average molecular weight is 429 g/mol. The van der Waals surface area contributed by atoms with Crippen LogP contribution in [-0.2, 0) is 11.3 Å². The fraction of sp³-hybridized carbons (Fsp3) is 0.370. The number of benzene rings is 2. The van der Waals surface area contributed by atoms with Crippen LogP contribution < -0.4 is 0 Å². The normalized spacial score (nSPS) is 22.5. The zero-order valence-corrected chi connectivity index (χ0v) is 18.4. The number of aryl methyl sites for hydroxylation is 1. The monoisotopic (exact) mass is 428 g/mol. The number of nitrogens with zero attached hydrogens (tertiary/aromatic N) is 2. The van der Waals surface area contributed by atoms with Crippen molar-refractivity contribution in [1.29, 1.82) is 0 Å². The molecule has 2 aliphatic heterocycles. The standard InChI is InChI=1S/C27H28N2O3/c1-18-10-11-20-14-21(12-13-25(20)28-18)26(30)22-15-23-8-5-9-24(16-22)29(23)27(31)32-17-19-6-3-2-4-7-19/h2-4,6-7,10-14,22-24H,5,8-9,15-17H2,1H3. The van der Waals surface area contributed by atoms with Crippen molar-refractivity contribution in [2.45, 2.75) is 57.7 Å². The van der Waals surface area contributed by atoms with Crippen LogP contribution in [0.4, 0.5) is 4.79 Å². The minimum atomic E-state index is -0.249. The highest BCUT2D eigenvalue weighted by molar-refractivity contribution is 6.01. The maximum absolute atomic E-state index is 13.4. The quantitative estimate of drug-likeness (QED) is 0.501. The molecule has 3 heterocycles. The summed E-state index contributed by atoms with van der Waals surface area (Å²) in [5.41, 5.74) is 3.61. The van der Waals surface area contributed by atoms with E-state index in [1.165, 1.54) is 0 Å². The Balaban J connectivity index is 1.29. The molecule has 1 amide bonds.